The summed E-state index contributed by atoms with van der Waals surface area (Å²) in [6.07, 6.45) is -4.90. The summed E-state index contributed by atoms with van der Waals surface area (Å²) in [4.78, 5) is 10.5. The smallest absolute Gasteiger partial charge is 0.417 e. The van der Waals surface area contributed by atoms with Crippen LogP contribution in [0.15, 0.2) is 12.1 Å². The van der Waals surface area contributed by atoms with Crippen molar-refractivity contribution in [2.75, 3.05) is 0 Å². The van der Waals surface area contributed by atoms with Crippen LogP contribution >= 0.6 is 0 Å². The Kier molecular flexibility index (Phi) is 2.48. The van der Waals surface area contributed by atoms with Gasteiger partial charge in [-0.3, -0.25) is 0 Å². The van der Waals surface area contributed by atoms with E-state index in [0.29, 0.717) is 12.1 Å². The van der Waals surface area contributed by atoms with Crippen LogP contribution in [0, 0.1) is 0 Å². The number of carbonyl (C=O) groups is 1. The van der Waals surface area contributed by atoms with Crippen LogP contribution in [0.4, 0.5) is 13.2 Å². The van der Waals surface area contributed by atoms with Gasteiger partial charge in [0.15, 0.2) is 11.5 Å². The fraction of sp³-hybridized carbons (Fsp3) is 0.125. The lowest BCUT2D eigenvalue weighted by Gasteiger charge is -2.11. The number of carboxylic acids is 1. The molecule has 0 saturated carbocycles. The first kappa shape index (κ1) is 11.2. The molecule has 0 amide bonds. The molecule has 0 radical (unpaired) electrons. The van der Waals surface area contributed by atoms with Gasteiger partial charge in [0.2, 0.25) is 0 Å². The molecule has 4 nitrogen and oxygen atoms in total. The van der Waals surface area contributed by atoms with Crippen LogP contribution in [0.25, 0.3) is 0 Å². The summed E-state index contributed by atoms with van der Waals surface area (Å²) >= 11 is 0. The van der Waals surface area contributed by atoms with Crippen molar-refractivity contribution in [2.24, 2.45) is 0 Å². The monoisotopic (exact) mass is 222 g/mol. The molecule has 0 spiro atoms. The summed E-state index contributed by atoms with van der Waals surface area (Å²) in [5.41, 5.74) is -2.87. The Bertz CT molecular complexity index is 411. The van der Waals surface area contributed by atoms with E-state index >= 15 is 0 Å². The van der Waals surface area contributed by atoms with Gasteiger partial charge in [-0.05, 0) is 12.1 Å². The van der Waals surface area contributed by atoms with Crippen LogP contribution in [0.2, 0.25) is 0 Å². The van der Waals surface area contributed by atoms with Crippen LogP contribution < -0.4 is 0 Å². The zero-order valence-corrected chi connectivity index (χ0v) is 7.04. The van der Waals surface area contributed by atoms with Crippen molar-refractivity contribution in [3.8, 4) is 11.5 Å². The first-order chi connectivity index (χ1) is 6.75. The maximum Gasteiger partial charge on any atom is 0.417 e. The zero-order chi connectivity index (χ0) is 11.8. The topological polar surface area (TPSA) is 77.8 Å². The second-order valence-corrected chi connectivity index (χ2v) is 2.66. The predicted octanol–water partition coefficient (Wildman–Crippen LogP) is 1.81. The highest BCUT2D eigenvalue weighted by Gasteiger charge is 2.37. The summed E-state index contributed by atoms with van der Waals surface area (Å²) in [5, 5.41) is 26.3. The molecule has 0 bridgehead atoms. The number of rotatable bonds is 1. The molecule has 82 valence electrons. The van der Waals surface area contributed by atoms with E-state index in [1.165, 1.54) is 0 Å². The highest BCUT2D eigenvalue weighted by molar-refractivity contribution is 5.93. The summed E-state index contributed by atoms with van der Waals surface area (Å²) in [7, 11) is 0. The Morgan fingerprint density at radius 1 is 1.20 bits per heavy atom. The molecular weight excluding hydrogens is 217 g/mol. The van der Waals surface area contributed by atoms with Crippen molar-refractivity contribution in [1.82, 2.24) is 0 Å². The fourth-order valence-electron chi connectivity index (χ4n) is 1.03. The van der Waals surface area contributed by atoms with E-state index in [1.54, 1.807) is 0 Å². The van der Waals surface area contributed by atoms with Gasteiger partial charge in [0.05, 0.1) is 5.56 Å². The molecule has 0 aromatic heterocycles. The largest absolute Gasteiger partial charge is 0.504 e. The minimum absolute atomic E-state index is 0.387. The van der Waals surface area contributed by atoms with E-state index in [9.17, 15) is 18.0 Å². The quantitative estimate of drug-likeness (QED) is 0.633. The Balaban J connectivity index is 3.55. The molecule has 3 N–H and O–H groups in total. The number of benzene rings is 1. The number of hydrogen-bond donors (Lipinski definition) is 3. The standard InChI is InChI=1S/C8H5F3O4/c9-8(10,11)3-1-2-4(12)6(13)5(3)7(14)15/h1-2,12-13H,(H,14,15). The normalized spacial score (nSPS) is 11.4. The fourth-order valence-corrected chi connectivity index (χ4v) is 1.03. The van der Waals surface area contributed by atoms with Crippen molar-refractivity contribution in [1.29, 1.82) is 0 Å². The van der Waals surface area contributed by atoms with Gasteiger partial charge in [-0.15, -0.1) is 0 Å². The molecular formula is C8H5F3O4. The summed E-state index contributed by atoms with van der Waals surface area (Å²) in [6.45, 7) is 0. The molecule has 0 heterocycles. The summed E-state index contributed by atoms with van der Waals surface area (Å²) < 4.78 is 36.8. The van der Waals surface area contributed by atoms with Gasteiger partial charge in [0, 0.05) is 0 Å². The Morgan fingerprint density at radius 2 is 1.73 bits per heavy atom. The number of phenolic OH excluding ortho intramolecular Hbond substituents is 1. The lowest BCUT2D eigenvalue weighted by molar-refractivity contribution is -0.138. The number of aromatic carboxylic acids is 1. The second-order valence-electron chi connectivity index (χ2n) is 2.66. The molecule has 15 heavy (non-hydrogen) atoms. The predicted molar refractivity (Wildman–Crippen MR) is 41.7 cm³/mol. The third-order valence-corrected chi connectivity index (χ3v) is 1.68. The van der Waals surface area contributed by atoms with E-state index in [1.807, 2.05) is 0 Å². The number of aromatic hydroxyl groups is 2. The molecule has 0 atom stereocenters. The van der Waals surface area contributed by atoms with Gasteiger partial charge in [0.1, 0.15) is 5.56 Å². The minimum atomic E-state index is -4.90. The van der Waals surface area contributed by atoms with Crippen LogP contribution in [0.5, 0.6) is 11.5 Å². The molecule has 1 aromatic carbocycles. The van der Waals surface area contributed by atoms with Crippen molar-refractivity contribution in [3.63, 3.8) is 0 Å². The van der Waals surface area contributed by atoms with Crippen LogP contribution in [0.1, 0.15) is 15.9 Å². The number of carboxylic acid groups (broad SMARTS) is 1. The number of halogens is 3. The maximum atomic E-state index is 12.3. The van der Waals surface area contributed by atoms with Crippen LogP contribution in [0.3, 0.4) is 0 Å². The zero-order valence-electron chi connectivity index (χ0n) is 7.04. The maximum absolute atomic E-state index is 12.3. The molecule has 0 fully saturated rings. The van der Waals surface area contributed by atoms with E-state index < -0.39 is 34.8 Å². The number of hydrogen-bond acceptors (Lipinski definition) is 3. The first-order valence-corrected chi connectivity index (χ1v) is 3.60. The van der Waals surface area contributed by atoms with Crippen LogP contribution in [-0.4, -0.2) is 21.3 Å². The van der Waals surface area contributed by atoms with Crippen molar-refractivity contribution in [3.05, 3.63) is 23.3 Å². The highest BCUT2D eigenvalue weighted by atomic mass is 19.4. The van der Waals surface area contributed by atoms with Gasteiger partial charge < -0.3 is 15.3 Å². The van der Waals surface area contributed by atoms with Gasteiger partial charge in [0.25, 0.3) is 0 Å². The Morgan fingerprint density at radius 3 is 2.13 bits per heavy atom. The SMILES string of the molecule is O=C(O)c1c(C(F)(F)F)ccc(O)c1O. The average molecular weight is 222 g/mol. The molecule has 7 heteroatoms. The first-order valence-electron chi connectivity index (χ1n) is 3.60. The minimum Gasteiger partial charge on any atom is -0.504 e. The summed E-state index contributed by atoms with van der Waals surface area (Å²) in [6, 6.07) is 0.961. The molecule has 0 aliphatic heterocycles. The Hall–Kier alpha value is -1.92. The number of phenols is 2. The van der Waals surface area contributed by atoms with Crippen LogP contribution in [-0.2, 0) is 6.18 Å². The highest BCUT2D eigenvalue weighted by Crippen LogP contribution is 2.39. The van der Waals surface area contributed by atoms with Gasteiger partial charge in [-0.25, -0.2) is 4.79 Å². The van der Waals surface area contributed by atoms with Crippen molar-refractivity contribution < 1.29 is 33.3 Å². The van der Waals surface area contributed by atoms with E-state index in [0.717, 1.165) is 0 Å². The second kappa shape index (κ2) is 3.34. The van der Waals surface area contributed by atoms with Gasteiger partial charge >= 0.3 is 12.1 Å². The molecule has 1 aromatic rings. The van der Waals surface area contributed by atoms with Gasteiger partial charge in [-0.1, -0.05) is 0 Å². The lowest BCUT2D eigenvalue weighted by atomic mass is 10.1. The van der Waals surface area contributed by atoms with E-state index in [-0.39, 0.29) is 0 Å². The van der Waals surface area contributed by atoms with Crippen molar-refractivity contribution in [2.45, 2.75) is 6.18 Å². The third kappa shape index (κ3) is 1.95. The average Bonchev–Trinajstić information content (AvgIpc) is 2.06. The lowest BCUT2D eigenvalue weighted by Crippen LogP contribution is -2.12. The third-order valence-electron chi connectivity index (χ3n) is 1.68. The van der Waals surface area contributed by atoms with Crippen molar-refractivity contribution >= 4 is 5.97 Å². The summed E-state index contributed by atoms with van der Waals surface area (Å²) in [5.74, 6) is -4.17. The molecule has 0 saturated heterocycles. The molecule has 1 rings (SSSR count). The molecule has 0 unspecified atom stereocenters. The molecule has 0 aliphatic rings. The van der Waals surface area contributed by atoms with E-state index in [2.05, 4.69) is 0 Å². The van der Waals surface area contributed by atoms with Gasteiger partial charge in [-0.2, -0.15) is 13.2 Å². The van der Waals surface area contributed by atoms with E-state index in [4.69, 9.17) is 15.3 Å². The molecule has 0 aliphatic carbocycles. The number of alkyl halides is 3. The Labute approximate surface area is 81.2 Å².